The summed E-state index contributed by atoms with van der Waals surface area (Å²) < 4.78 is 5.48. The van der Waals surface area contributed by atoms with Gasteiger partial charge in [0.05, 0.1) is 15.7 Å². The molecule has 116 valence electrons. The van der Waals surface area contributed by atoms with E-state index in [-0.39, 0.29) is 12.5 Å². The summed E-state index contributed by atoms with van der Waals surface area (Å²) in [5.74, 6) is 0.265. The molecule has 0 heterocycles. The SMILES string of the molecule is Cc1cc(OCC(=O)Nc2cccc(Cl)c2Cl)cc(C)c1Cl. The van der Waals surface area contributed by atoms with Crippen molar-refractivity contribution in [3.63, 3.8) is 0 Å². The third kappa shape index (κ3) is 4.07. The summed E-state index contributed by atoms with van der Waals surface area (Å²) in [5, 5.41) is 4.03. The highest BCUT2D eigenvalue weighted by atomic mass is 35.5. The van der Waals surface area contributed by atoms with Gasteiger partial charge in [-0.05, 0) is 49.2 Å². The average molecular weight is 359 g/mol. The van der Waals surface area contributed by atoms with E-state index in [4.69, 9.17) is 39.5 Å². The summed E-state index contributed by atoms with van der Waals surface area (Å²) in [4.78, 5) is 11.9. The van der Waals surface area contributed by atoms with Gasteiger partial charge in [0, 0.05) is 5.02 Å². The zero-order valence-electron chi connectivity index (χ0n) is 12.0. The van der Waals surface area contributed by atoms with Crippen molar-refractivity contribution in [3.8, 4) is 5.75 Å². The molecule has 6 heteroatoms. The minimum absolute atomic E-state index is 0.136. The first-order valence-electron chi connectivity index (χ1n) is 6.52. The third-order valence-corrected chi connectivity index (χ3v) is 4.42. The van der Waals surface area contributed by atoms with Crippen molar-refractivity contribution in [3.05, 3.63) is 56.5 Å². The van der Waals surface area contributed by atoms with E-state index in [0.717, 1.165) is 11.1 Å². The summed E-state index contributed by atoms with van der Waals surface area (Å²) in [6.07, 6.45) is 0. The highest BCUT2D eigenvalue weighted by Crippen LogP contribution is 2.29. The number of rotatable bonds is 4. The molecule has 2 rings (SSSR count). The minimum atomic E-state index is -0.325. The van der Waals surface area contributed by atoms with Crippen LogP contribution in [0.5, 0.6) is 5.75 Å². The number of nitrogens with one attached hydrogen (secondary N) is 1. The van der Waals surface area contributed by atoms with Gasteiger partial charge in [0.25, 0.3) is 5.91 Å². The Hall–Kier alpha value is -1.42. The van der Waals surface area contributed by atoms with Gasteiger partial charge in [-0.2, -0.15) is 0 Å². The maximum absolute atomic E-state index is 11.9. The van der Waals surface area contributed by atoms with Crippen LogP contribution in [-0.4, -0.2) is 12.5 Å². The maximum atomic E-state index is 11.9. The van der Waals surface area contributed by atoms with Crippen molar-refractivity contribution in [1.82, 2.24) is 0 Å². The van der Waals surface area contributed by atoms with Gasteiger partial charge in [0.1, 0.15) is 5.75 Å². The highest BCUT2D eigenvalue weighted by Gasteiger charge is 2.10. The van der Waals surface area contributed by atoms with E-state index in [1.54, 1.807) is 30.3 Å². The summed E-state index contributed by atoms with van der Waals surface area (Å²) in [5.41, 5.74) is 2.25. The molecular weight excluding hydrogens is 345 g/mol. The van der Waals surface area contributed by atoms with Crippen LogP contribution in [0.3, 0.4) is 0 Å². The summed E-state index contributed by atoms with van der Waals surface area (Å²) in [6.45, 7) is 3.63. The zero-order chi connectivity index (χ0) is 16.3. The quantitative estimate of drug-likeness (QED) is 0.807. The maximum Gasteiger partial charge on any atom is 0.262 e. The van der Waals surface area contributed by atoms with E-state index in [1.807, 2.05) is 13.8 Å². The van der Waals surface area contributed by atoms with E-state index < -0.39 is 0 Å². The van der Waals surface area contributed by atoms with Crippen LogP contribution in [0.1, 0.15) is 11.1 Å². The first-order valence-corrected chi connectivity index (χ1v) is 7.65. The van der Waals surface area contributed by atoms with Crippen LogP contribution in [0.4, 0.5) is 5.69 Å². The van der Waals surface area contributed by atoms with Crippen molar-refractivity contribution < 1.29 is 9.53 Å². The summed E-state index contributed by atoms with van der Waals surface area (Å²) >= 11 is 18.0. The lowest BCUT2D eigenvalue weighted by molar-refractivity contribution is -0.118. The Morgan fingerprint density at radius 2 is 1.73 bits per heavy atom. The van der Waals surface area contributed by atoms with Gasteiger partial charge in [0.15, 0.2) is 6.61 Å². The van der Waals surface area contributed by atoms with Crippen LogP contribution < -0.4 is 10.1 Å². The third-order valence-electron chi connectivity index (χ3n) is 3.01. The molecule has 22 heavy (non-hydrogen) atoms. The number of carbonyl (C=O) groups excluding carboxylic acids is 1. The number of aryl methyl sites for hydroxylation is 2. The first kappa shape index (κ1) is 16.9. The molecule has 2 aromatic rings. The van der Waals surface area contributed by atoms with Gasteiger partial charge in [-0.3, -0.25) is 4.79 Å². The monoisotopic (exact) mass is 357 g/mol. The van der Waals surface area contributed by atoms with Crippen molar-refractivity contribution in [1.29, 1.82) is 0 Å². The van der Waals surface area contributed by atoms with E-state index in [1.165, 1.54) is 0 Å². The van der Waals surface area contributed by atoms with Crippen LogP contribution in [-0.2, 0) is 4.79 Å². The fraction of sp³-hybridized carbons (Fsp3) is 0.188. The summed E-state index contributed by atoms with van der Waals surface area (Å²) in [6, 6.07) is 8.60. The van der Waals surface area contributed by atoms with E-state index in [0.29, 0.717) is 26.5 Å². The number of carbonyl (C=O) groups is 1. The molecule has 0 radical (unpaired) electrons. The van der Waals surface area contributed by atoms with Crippen molar-refractivity contribution in [2.45, 2.75) is 13.8 Å². The molecule has 0 fully saturated rings. The zero-order valence-corrected chi connectivity index (χ0v) is 14.3. The van der Waals surface area contributed by atoms with Gasteiger partial charge < -0.3 is 10.1 Å². The second-order valence-electron chi connectivity index (χ2n) is 4.81. The van der Waals surface area contributed by atoms with Crippen LogP contribution in [0.15, 0.2) is 30.3 Å². The number of amides is 1. The van der Waals surface area contributed by atoms with E-state index in [9.17, 15) is 4.79 Å². The Morgan fingerprint density at radius 1 is 1.09 bits per heavy atom. The Balaban J connectivity index is 2.00. The Morgan fingerprint density at radius 3 is 2.36 bits per heavy atom. The van der Waals surface area contributed by atoms with E-state index in [2.05, 4.69) is 5.32 Å². The fourth-order valence-corrected chi connectivity index (χ4v) is 2.38. The van der Waals surface area contributed by atoms with Crippen LogP contribution in [0.25, 0.3) is 0 Å². The lowest BCUT2D eigenvalue weighted by Gasteiger charge is -2.11. The topological polar surface area (TPSA) is 38.3 Å². The number of hydrogen-bond donors (Lipinski definition) is 1. The number of hydrogen-bond acceptors (Lipinski definition) is 2. The molecule has 1 amide bonds. The molecule has 0 aliphatic heterocycles. The Kier molecular flexibility index (Phi) is 5.57. The molecule has 1 N–H and O–H groups in total. The molecule has 2 aromatic carbocycles. The normalized spacial score (nSPS) is 10.4. The standard InChI is InChI=1S/C16H14Cl3NO2/c1-9-6-11(7-10(2)15(9)18)22-8-14(21)20-13-5-3-4-12(17)16(13)19/h3-7H,8H2,1-2H3,(H,20,21). The van der Waals surface area contributed by atoms with Crippen molar-refractivity contribution >= 4 is 46.4 Å². The highest BCUT2D eigenvalue weighted by molar-refractivity contribution is 6.44. The summed E-state index contributed by atoms with van der Waals surface area (Å²) in [7, 11) is 0. The number of halogens is 3. The van der Waals surface area contributed by atoms with Gasteiger partial charge in [-0.25, -0.2) is 0 Å². The molecule has 0 aliphatic carbocycles. The Labute approximate surface area is 144 Å². The molecule has 0 unspecified atom stereocenters. The molecule has 0 bridgehead atoms. The molecule has 3 nitrogen and oxygen atoms in total. The second kappa shape index (κ2) is 7.23. The molecule has 0 saturated carbocycles. The van der Waals surface area contributed by atoms with Gasteiger partial charge in [-0.1, -0.05) is 40.9 Å². The average Bonchev–Trinajstić information content (AvgIpc) is 2.47. The molecule has 0 aromatic heterocycles. The van der Waals surface area contributed by atoms with Crippen LogP contribution in [0, 0.1) is 13.8 Å². The van der Waals surface area contributed by atoms with Crippen molar-refractivity contribution in [2.75, 3.05) is 11.9 Å². The van der Waals surface area contributed by atoms with Crippen LogP contribution >= 0.6 is 34.8 Å². The predicted octanol–water partition coefficient (Wildman–Crippen LogP) is 5.28. The van der Waals surface area contributed by atoms with Gasteiger partial charge in [0.2, 0.25) is 0 Å². The number of benzene rings is 2. The molecule has 0 saturated heterocycles. The van der Waals surface area contributed by atoms with E-state index >= 15 is 0 Å². The lowest BCUT2D eigenvalue weighted by Crippen LogP contribution is -2.20. The predicted molar refractivity (Wildman–Crippen MR) is 91.5 cm³/mol. The fourth-order valence-electron chi connectivity index (χ4n) is 1.93. The van der Waals surface area contributed by atoms with Crippen molar-refractivity contribution in [2.24, 2.45) is 0 Å². The Bertz CT molecular complexity index is 694. The van der Waals surface area contributed by atoms with Gasteiger partial charge >= 0.3 is 0 Å². The van der Waals surface area contributed by atoms with Gasteiger partial charge in [-0.15, -0.1) is 0 Å². The minimum Gasteiger partial charge on any atom is -0.484 e. The molecular formula is C16H14Cl3NO2. The molecule has 0 spiro atoms. The largest absolute Gasteiger partial charge is 0.484 e. The smallest absolute Gasteiger partial charge is 0.262 e. The molecule has 0 atom stereocenters. The van der Waals surface area contributed by atoms with Crippen LogP contribution in [0.2, 0.25) is 15.1 Å². The first-order chi connectivity index (χ1) is 10.4. The molecule has 0 aliphatic rings. The number of anilines is 1. The second-order valence-corrected chi connectivity index (χ2v) is 5.97. The lowest BCUT2D eigenvalue weighted by atomic mass is 10.1. The number of ether oxygens (including phenoxy) is 1.